The van der Waals surface area contributed by atoms with Gasteiger partial charge in [-0.05, 0) is 25.3 Å². The van der Waals surface area contributed by atoms with E-state index in [9.17, 15) is 0 Å². The zero-order valence-corrected chi connectivity index (χ0v) is 7.84. The van der Waals surface area contributed by atoms with Crippen molar-refractivity contribution in [1.29, 1.82) is 0 Å². The highest BCUT2D eigenvalue weighted by molar-refractivity contribution is 4.83. The molecule has 0 aromatic carbocycles. The van der Waals surface area contributed by atoms with Gasteiger partial charge in [-0.2, -0.15) is 0 Å². The number of nitrogens with two attached hydrogens (primary N) is 1. The van der Waals surface area contributed by atoms with Gasteiger partial charge in [-0.1, -0.05) is 38.8 Å². The van der Waals surface area contributed by atoms with Crippen LogP contribution in [-0.4, -0.2) is 6.54 Å². The maximum atomic E-state index is 5.35. The number of hydrogen-bond acceptors (Lipinski definition) is 1. The lowest BCUT2D eigenvalue weighted by molar-refractivity contribution is 0.531. The van der Waals surface area contributed by atoms with Crippen molar-refractivity contribution in [3.8, 4) is 0 Å². The summed E-state index contributed by atoms with van der Waals surface area (Å²) in [5.41, 5.74) is 5.35. The molecule has 0 rings (SSSR count). The highest BCUT2D eigenvalue weighted by Gasteiger charge is 1.95. The Labute approximate surface area is 70.7 Å². The molecule has 0 saturated carbocycles. The summed E-state index contributed by atoms with van der Waals surface area (Å²) in [5, 5.41) is 0. The first-order chi connectivity index (χ1) is 5.31. The molecule has 0 amide bonds. The topological polar surface area (TPSA) is 26.0 Å². The van der Waals surface area contributed by atoms with E-state index in [0.717, 1.165) is 18.9 Å². The average Bonchev–Trinajstić information content (AvgIpc) is 1.99. The molecule has 0 spiro atoms. The summed E-state index contributed by atoms with van der Waals surface area (Å²) in [6.07, 6.45) is 9.32. The summed E-state index contributed by atoms with van der Waals surface area (Å²) in [5.74, 6) is 0.842. The van der Waals surface area contributed by atoms with Crippen LogP contribution in [0.1, 0.15) is 39.5 Å². The zero-order chi connectivity index (χ0) is 8.53. The van der Waals surface area contributed by atoms with Crippen LogP contribution in [0.5, 0.6) is 0 Å². The molecule has 1 unspecified atom stereocenters. The molecule has 1 heteroatoms. The third-order valence-electron chi connectivity index (χ3n) is 1.82. The van der Waals surface area contributed by atoms with E-state index in [1.807, 2.05) is 0 Å². The first-order valence-corrected chi connectivity index (χ1v) is 4.66. The molecular weight excluding hydrogens is 134 g/mol. The van der Waals surface area contributed by atoms with Gasteiger partial charge in [0.25, 0.3) is 0 Å². The van der Waals surface area contributed by atoms with Crippen LogP contribution < -0.4 is 5.73 Å². The van der Waals surface area contributed by atoms with Crippen LogP contribution in [0.3, 0.4) is 0 Å². The molecule has 0 aliphatic carbocycles. The van der Waals surface area contributed by atoms with Crippen LogP contribution in [-0.2, 0) is 0 Å². The highest BCUT2D eigenvalue weighted by Crippen LogP contribution is 2.09. The molecule has 1 atom stereocenters. The Morgan fingerprint density at radius 1 is 1.36 bits per heavy atom. The summed E-state index contributed by atoms with van der Waals surface area (Å²) < 4.78 is 0. The lowest BCUT2D eigenvalue weighted by atomic mass is 10.0. The molecule has 66 valence electrons. The molecule has 0 fully saturated rings. The van der Waals surface area contributed by atoms with Crippen molar-refractivity contribution in [2.75, 3.05) is 6.54 Å². The summed E-state index contributed by atoms with van der Waals surface area (Å²) >= 11 is 0. The van der Waals surface area contributed by atoms with Crippen LogP contribution >= 0.6 is 0 Å². The SMILES string of the molecule is CCCC(C)C/C=C/CCN. The summed E-state index contributed by atoms with van der Waals surface area (Å²) in [6.45, 7) is 5.31. The van der Waals surface area contributed by atoms with E-state index in [4.69, 9.17) is 5.73 Å². The third-order valence-corrected chi connectivity index (χ3v) is 1.82. The second-order valence-electron chi connectivity index (χ2n) is 3.18. The molecule has 0 aromatic heterocycles. The molecule has 0 radical (unpaired) electrons. The minimum Gasteiger partial charge on any atom is -0.330 e. The van der Waals surface area contributed by atoms with Gasteiger partial charge < -0.3 is 5.73 Å². The van der Waals surface area contributed by atoms with E-state index in [1.54, 1.807) is 0 Å². The Morgan fingerprint density at radius 2 is 2.09 bits per heavy atom. The van der Waals surface area contributed by atoms with Gasteiger partial charge in [0, 0.05) is 0 Å². The molecule has 0 aromatic rings. The van der Waals surface area contributed by atoms with Crippen LogP contribution in [0.15, 0.2) is 12.2 Å². The molecule has 1 nitrogen and oxygen atoms in total. The molecule has 2 N–H and O–H groups in total. The highest BCUT2D eigenvalue weighted by atomic mass is 14.5. The third kappa shape index (κ3) is 7.60. The molecular formula is C10H21N. The monoisotopic (exact) mass is 155 g/mol. The smallest absolute Gasteiger partial charge is 0.00426 e. The fraction of sp³-hybridized carbons (Fsp3) is 0.800. The van der Waals surface area contributed by atoms with Gasteiger partial charge >= 0.3 is 0 Å². The van der Waals surface area contributed by atoms with Gasteiger partial charge in [0.1, 0.15) is 0 Å². The fourth-order valence-corrected chi connectivity index (χ4v) is 1.15. The minimum absolute atomic E-state index is 0.776. The van der Waals surface area contributed by atoms with Crippen molar-refractivity contribution >= 4 is 0 Å². The molecule has 0 bridgehead atoms. The van der Waals surface area contributed by atoms with Gasteiger partial charge in [0.15, 0.2) is 0 Å². The van der Waals surface area contributed by atoms with E-state index in [0.29, 0.717) is 0 Å². The molecule has 11 heavy (non-hydrogen) atoms. The van der Waals surface area contributed by atoms with Crippen LogP contribution in [0.2, 0.25) is 0 Å². The van der Waals surface area contributed by atoms with Crippen molar-refractivity contribution in [2.45, 2.75) is 39.5 Å². The molecule has 0 saturated heterocycles. The average molecular weight is 155 g/mol. The first kappa shape index (κ1) is 10.7. The Hall–Kier alpha value is -0.300. The number of rotatable bonds is 6. The van der Waals surface area contributed by atoms with Gasteiger partial charge in [0.05, 0.1) is 0 Å². The predicted octanol–water partition coefficient (Wildman–Crippen LogP) is 2.72. The Morgan fingerprint density at radius 3 is 2.64 bits per heavy atom. The van der Waals surface area contributed by atoms with Crippen molar-refractivity contribution in [1.82, 2.24) is 0 Å². The first-order valence-electron chi connectivity index (χ1n) is 4.66. The molecule has 0 aliphatic heterocycles. The van der Waals surface area contributed by atoms with Gasteiger partial charge in [-0.25, -0.2) is 0 Å². The van der Waals surface area contributed by atoms with Gasteiger partial charge in [-0.3, -0.25) is 0 Å². The Kier molecular flexibility index (Phi) is 7.59. The summed E-state index contributed by atoms with van der Waals surface area (Å²) in [4.78, 5) is 0. The Bertz CT molecular complexity index is 97.0. The maximum Gasteiger partial charge on any atom is -0.00426 e. The standard InChI is InChI=1S/C10H21N/c1-3-7-10(2)8-5-4-6-9-11/h4-5,10H,3,6-9,11H2,1-2H3/b5-4+. The van der Waals surface area contributed by atoms with E-state index in [-0.39, 0.29) is 0 Å². The predicted molar refractivity (Wildman–Crippen MR) is 51.5 cm³/mol. The fourth-order valence-electron chi connectivity index (χ4n) is 1.15. The number of hydrogen-bond donors (Lipinski definition) is 1. The molecule has 0 aliphatic rings. The van der Waals surface area contributed by atoms with Gasteiger partial charge in [-0.15, -0.1) is 0 Å². The minimum atomic E-state index is 0.776. The lowest BCUT2D eigenvalue weighted by Gasteiger charge is -2.04. The second-order valence-corrected chi connectivity index (χ2v) is 3.18. The van der Waals surface area contributed by atoms with E-state index < -0.39 is 0 Å². The maximum absolute atomic E-state index is 5.35. The van der Waals surface area contributed by atoms with Crippen LogP contribution in [0, 0.1) is 5.92 Å². The number of allylic oxidation sites excluding steroid dienone is 1. The van der Waals surface area contributed by atoms with Gasteiger partial charge in [0.2, 0.25) is 0 Å². The van der Waals surface area contributed by atoms with Crippen molar-refractivity contribution in [3.63, 3.8) is 0 Å². The molecule has 0 heterocycles. The quantitative estimate of drug-likeness (QED) is 0.586. The van der Waals surface area contributed by atoms with Crippen molar-refractivity contribution in [3.05, 3.63) is 12.2 Å². The largest absolute Gasteiger partial charge is 0.330 e. The Balaban J connectivity index is 3.21. The zero-order valence-electron chi connectivity index (χ0n) is 7.84. The summed E-state index contributed by atoms with van der Waals surface area (Å²) in [6, 6.07) is 0. The van der Waals surface area contributed by atoms with E-state index in [2.05, 4.69) is 26.0 Å². The summed E-state index contributed by atoms with van der Waals surface area (Å²) in [7, 11) is 0. The normalized spacial score (nSPS) is 14.1. The second kappa shape index (κ2) is 7.80. The van der Waals surface area contributed by atoms with E-state index >= 15 is 0 Å². The van der Waals surface area contributed by atoms with Crippen LogP contribution in [0.25, 0.3) is 0 Å². The van der Waals surface area contributed by atoms with E-state index in [1.165, 1.54) is 19.3 Å². The lowest BCUT2D eigenvalue weighted by Crippen LogP contribution is -1.95. The van der Waals surface area contributed by atoms with Crippen molar-refractivity contribution in [2.24, 2.45) is 11.7 Å². The van der Waals surface area contributed by atoms with Crippen LogP contribution in [0.4, 0.5) is 0 Å². The van der Waals surface area contributed by atoms with Crippen molar-refractivity contribution < 1.29 is 0 Å².